The van der Waals surface area contributed by atoms with Crippen molar-refractivity contribution < 1.29 is 29.3 Å². The van der Waals surface area contributed by atoms with E-state index in [0.717, 1.165) is 0 Å². The molecule has 3 rings (SSSR count). The van der Waals surface area contributed by atoms with Gasteiger partial charge in [-0.25, -0.2) is 0 Å². The zero-order valence-electron chi connectivity index (χ0n) is 18.6. The van der Waals surface area contributed by atoms with Crippen LogP contribution in [0.15, 0.2) is 36.4 Å². The first-order valence-electron chi connectivity index (χ1n) is 9.95. The third kappa shape index (κ3) is 4.99. The van der Waals surface area contributed by atoms with E-state index in [-0.39, 0.29) is 17.2 Å². The quantitative estimate of drug-likeness (QED) is 0.475. The summed E-state index contributed by atoms with van der Waals surface area (Å²) in [6, 6.07) is 10.2. The van der Waals surface area contributed by atoms with Crippen molar-refractivity contribution in [2.75, 3.05) is 0 Å². The second-order valence-corrected chi connectivity index (χ2v) is 7.86. The highest BCUT2D eigenvalue weighted by atomic mass is 16.7. The van der Waals surface area contributed by atoms with E-state index in [4.69, 9.17) is 14.0 Å². The average molecular weight is 422 g/mol. The summed E-state index contributed by atoms with van der Waals surface area (Å²) >= 11 is 0. The predicted octanol–water partition coefficient (Wildman–Crippen LogP) is 5.18. The molecule has 0 saturated carbocycles. The Hall–Kier alpha value is -3.48. The molecule has 7 heteroatoms. The normalized spacial score (nSPS) is 10.6. The molecule has 0 fully saturated rings. The van der Waals surface area contributed by atoms with Crippen LogP contribution in [0.25, 0.3) is 0 Å². The van der Waals surface area contributed by atoms with Crippen LogP contribution in [0.5, 0.6) is 34.5 Å². The SMILES string of the molecule is Cc1cc(OB(Oc2cc(C)c(O)c(C)c2)Oc2cc(C)c(O)c(C)c2)cc(C)c1O. The fraction of sp³-hybridized carbons (Fsp3) is 0.250. The Morgan fingerprint density at radius 2 is 0.645 bits per heavy atom. The van der Waals surface area contributed by atoms with Crippen LogP contribution in [0, 0.1) is 41.5 Å². The van der Waals surface area contributed by atoms with Gasteiger partial charge >= 0.3 is 7.32 Å². The van der Waals surface area contributed by atoms with Crippen LogP contribution in [0.4, 0.5) is 0 Å². The van der Waals surface area contributed by atoms with Gasteiger partial charge in [-0.15, -0.1) is 0 Å². The number of hydrogen-bond acceptors (Lipinski definition) is 6. The smallest absolute Gasteiger partial charge is 0.507 e. The molecule has 0 amide bonds. The summed E-state index contributed by atoms with van der Waals surface area (Å²) in [7, 11) is -1.16. The molecule has 0 aliphatic rings. The van der Waals surface area contributed by atoms with Gasteiger partial charge in [0.05, 0.1) is 0 Å². The summed E-state index contributed by atoms with van der Waals surface area (Å²) in [6.45, 7) is 10.7. The Labute approximate surface area is 182 Å². The van der Waals surface area contributed by atoms with Gasteiger partial charge in [0, 0.05) is 0 Å². The molecule has 162 valence electrons. The Bertz CT molecular complexity index is 915. The van der Waals surface area contributed by atoms with Crippen molar-refractivity contribution in [3.8, 4) is 34.5 Å². The van der Waals surface area contributed by atoms with Crippen LogP contribution in [0.3, 0.4) is 0 Å². The van der Waals surface area contributed by atoms with Crippen LogP contribution in [0.1, 0.15) is 33.4 Å². The Morgan fingerprint density at radius 1 is 0.452 bits per heavy atom. The Kier molecular flexibility index (Phi) is 6.25. The molecule has 0 bridgehead atoms. The molecule has 0 saturated heterocycles. The van der Waals surface area contributed by atoms with Gasteiger partial charge in [-0.3, -0.25) is 0 Å². The van der Waals surface area contributed by atoms with Gasteiger partial charge in [0.25, 0.3) is 0 Å². The van der Waals surface area contributed by atoms with Crippen molar-refractivity contribution >= 4 is 7.32 Å². The molecule has 0 atom stereocenters. The minimum atomic E-state index is -1.16. The lowest BCUT2D eigenvalue weighted by molar-refractivity contribution is 0.306. The molecule has 3 N–H and O–H groups in total. The number of hydrogen-bond donors (Lipinski definition) is 3. The summed E-state index contributed by atoms with van der Waals surface area (Å²) in [6.07, 6.45) is 0. The van der Waals surface area contributed by atoms with Crippen molar-refractivity contribution in [3.05, 3.63) is 69.8 Å². The second kappa shape index (κ2) is 8.72. The lowest BCUT2D eigenvalue weighted by Crippen LogP contribution is -2.37. The maximum absolute atomic E-state index is 10.0. The molecule has 0 heterocycles. The minimum Gasteiger partial charge on any atom is -0.507 e. The van der Waals surface area contributed by atoms with Gasteiger partial charge in [0.2, 0.25) is 0 Å². The van der Waals surface area contributed by atoms with Crippen molar-refractivity contribution in [3.63, 3.8) is 0 Å². The minimum absolute atomic E-state index is 0.209. The van der Waals surface area contributed by atoms with Gasteiger partial charge in [-0.1, -0.05) is 0 Å². The molecule has 0 spiro atoms. The number of phenolic OH excluding ortho intramolecular Hbond substituents is 3. The van der Waals surface area contributed by atoms with Gasteiger partial charge in [0.15, 0.2) is 0 Å². The number of aromatic hydroxyl groups is 3. The largest absolute Gasteiger partial charge is 0.864 e. The van der Waals surface area contributed by atoms with E-state index >= 15 is 0 Å². The van der Waals surface area contributed by atoms with Crippen molar-refractivity contribution in [2.45, 2.75) is 41.5 Å². The summed E-state index contributed by atoms with van der Waals surface area (Å²) < 4.78 is 17.9. The van der Waals surface area contributed by atoms with Crippen LogP contribution in [0.2, 0.25) is 0 Å². The number of rotatable bonds is 6. The summed E-state index contributed by atoms with van der Waals surface area (Å²) in [5.74, 6) is 2.03. The molecule has 31 heavy (non-hydrogen) atoms. The topological polar surface area (TPSA) is 88.4 Å². The van der Waals surface area contributed by atoms with E-state index in [2.05, 4.69) is 0 Å². The van der Waals surface area contributed by atoms with Gasteiger partial charge in [-0.05, 0) is 111 Å². The third-order valence-corrected chi connectivity index (χ3v) is 5.09. The number of phenols is 3. The van der Waals surface area contributed by atoms with Gasteiger partial charge in [-0.2, -0.15) is 0 Å². The first kappa shape index (κ1) is 22.2. The van der Waals surface area contributed by atoms with E-state index < -0.39 is 7.32 Å². The maximum Gasteiger partial charge on any atom is 0.864 e. The first-order chi connectivity index (χ1) is 14.5. The lowest BCUT2D eigenvalue weighted by Gasteiger charge is -2.19. The van der Waals surface area contributed by atoms with E-state index in [0.29, 0.717) is 50.6 Å². The van der Waals surface area contributed by atoms with Gasteiger partial charge < -0.3 is 29.3 Å². The molecule has 3 aromatic carbocycles. The predicted molar refractivity (Wildman–Crippen MR) is 120 cm³/mol. The molecule has 0 aliphatic heterocycles. The third-order valence-electron chi connectivity index (χ3n) is 5.09. The molecule has 0 aromatic heterocycles. The van der Waals surface area contributed by atoms with Crippen LogP contribution < -0.4 is 14.0 Å². The summed E-state index contributed by atoms with van der Waals surface area (Å²) in [5, 5.41) is 30.1. The standard InChI is InChI=1S/C24H27BO6/c1-13-7-19(8-14(2)22(13)26)29-25(30-20-9-15(3)23(27)16(4)10-20)31-21-11-17(5)24(28)18(6)12-21/h7-12,26-28H,1-6H3. The Morgan fingerprint density at radius 3 is 0.839 bits per heavy atom. The van der Waals surface area contributed by atoms with Crippen molar-refractivity contribution in [1.29, 1.82) is 0 Å². The van der Waals surface area contributed by atoms with Crippen LogP contribution in [-0.4, -0.2) is 22.6 Å². The fourth-order valence-electron chi connectivity index (χ4n) is 3.36. The fourth-order valence-corrected chi connectivity index (χ4v) is 3.36. The molecule has 0 radical (unpaired) electrons. The van der Waals surface area contributed by atoms with E-state index in [1.54, 1.807) is 77.9 Å². The number of benzene rings is 3. The van der Waals surface area contributed by atoms with Crippen LogP contribution >= 0.6 is 0 Å². The second-order valence-electron chi connectivity index (χ2n) is 7.86. The summed E-state index contributed by atoms with van der Waals surface area (Å²) in [5.41, 5.74) is 4.01. The first-order valence-corrected chi connectivity index (χ1v) is 9.95. The Balaban J connectivity index is 1.95. The zero-order valence-corrected chi connectivity index (χ0v) is 18.6. The molecule has 3 aromatic rings. The zero-order chi connectivity index (χ0) is 22.9. The van der Waals surface area contributed by atoms with Crippen molar-refractivity contribution in [2.24, 2.45) is 0 Å². The van der Waals surface area contributed by atoms with Crippen molar-refractivity contribution in [1.82, 2.24) is 0 Å². The summed E-state index contributed by atoms with van der Waals surface area (Å²) in [4.78, 5) is 0. The van der Waals surface area contributed by atoms with E-state index in [1.165, 1.54) is 0 Å². The van der Waals surface area contributed by atoms with Gasteiger partial charge in [0.1, 0.15) is 34.5 Å². The monoisotopic (exact) mass is 422 g/mol. The highest BCUT2D eigenvalue weighted by Gasteiger charge is 2.31. The highest BCUT2D eigenvalue weighted by molar-refractivity contribution is 6.39. The lowest BCUT2D eigenvalue weighted by atomic mass is 10.1. The number of aryl methyl sites for hydroxylation is 6. The van der Waals surface area contributed by atoms with E-state index in [9.17, 15) is 15.3 Å². The van der Waals surface area contributed by atoms with Crippen LogP contribution in [-0.2, 0) is 0 Å². The average Bonchev–Trinajstić information content (AvgIpc) is 2.68. The maximum atomic E-state index is 10.0. The van der Waals surface area contributed by atoms with E-state index in [1.807, 2.05) is 0 Å². The molecule has 0 unspecified atom stereocenters. The molecule has 0 aliphatic carbocycles. The molecular weight excluding hydrogens is 395 g/mol. The molecular formula is C24H27BO6. The highest BCUT2D eigenvalue weighted by Crippen LogP contribution is 2.31. The molecule has 6 nitrogen and oxygen atoms in total.